The highest BCUT2D eigenvalue weighted by molar-refractivity contribution is 5.87. The van der Waals surface area contributed by atoms with E-state index in [-0.39, 0.29) is 30.6 Å². The molecular weight excluding hydrogens is 425 g/mol. The van der Waals surface area contributed by atoms with Crippen LogP contribution in [0.25, 0.3) is 0 Å². The van der Waals surface area contributed by atoms with E-state index in [1.54, 1.807) is 9.58 Å². The third-order valence-corrected chi connectivity index (χ3v) is 5.98. The zero-order valence-electron chi connectivity index (χ0n) is 17.5. The van der Waals surface area contributed by atoms with Crippen molar-refractivity contribution in [3.05, 3.63) is 59.9 Å². The van der Waals surface area contributed by atoms with Crippen LogP contribution >= 0.6 is 0 Å². The topological polar surface area (TPSA) is 69.5 Å². The van der Waals surface area contributed by atoms with Crippen molar-refractivity contribution in [1.29, 1.82) is 0 Å². The van der Waals surface area contributed by atoms with E-state index in [0.29, 0.717) is 31.9 Å². The molecule has 1 aromatic carbocycles. The first-order valence-corrected chi connectivity index (χ1v) is 10.5. The zero-order valence-corrected chi connectivity index (χ0v) is 17.5. The van der Waals surface area contributed by atoms with Crippen molar-refractivity contribution in [2.75, 3.05) is 26.3 Å². The maximum Gasteiger partial charge on any atom is 0.416 e. The number of carbonyl (C=O) groups is 1. The highest BCUT2D eigenvalue weighted by Gasteiger charge is 2.38. The van der Waals surface area contributed by atoms with Gasteiger partial charge in [0, 0.05) is 38.4 Å². The lowest BCUT2D eigenvalue weighted by molar-refractivity contribution is -0.137. The van der Waals surface area contributed by atoms with Crippen LogP contribution in [0.2, 0.25) is 0 Å². The first-order valence-electron chi connectivity index (χ1n) is 10.5. The third kappa shape index (κ3) is 5.02. The summed E-state index contributed by atoms with van der Waals surface area (Å²) in [4.78, 5) is 13.8. The van der Waals surface area contributed by atoms with E-state index in [0.717, 1.165) is 30.7 Å². The Kier molecular flexibility index (Phi) is 6.61. The molecule has 7 nitrogen and oxygen atoms in total. The summed E-state index contributed by atoms with van der Waals surface area (Å²) in [5, 5.41) is 8.63. The van der Waals surface area contributed by atoms with E-state index in [4.69, 9.17) is 9.47 Å². The number of rotatable bonds is 6. The summed E-state index contributed by atoms with van der Waals surface area (Å²) in [6.07, 6.45) is 0.166. The lowest BCUT2D eigenvalue weighted by Gasteiger charge is -2.20. The minimum atomic E-state index is -4.38. The van der Waals surface area contributed by atoms with Crippen LogP contribution < -0.4 is 0 Å². The molecule has 172 valence electrons. The number of hydrogen-bond donors (Lipinski definition) is 0. The van der Waals surface area contributed by atoms with Gasteiger partial charge in [-0.2, -0.15) is 13.2 Å². The van der Waals surface area contributed by atoms with Crippen LogP contribution in [0.3, 0.4) is 0 Å². The average Bonchev–Trinajstić information content (AvgIpc) is 3.45. The summed E-state index contributed by atoms with van der Waals surface area (Å²) in [5.41, 5.74) is 0.807. The van der Waals surface area contributed by atoms with Crippen LogP contribution in [0.15, 0.2) is 43.1 Å². The van der Waals surface area contributed by atoms with Gasteiger partial charge in [0.25, 0.3) is 0 Å². The van der Waals surface area contributed by atoms with E-state index in [9.17, 15) is 18.0 Å². The average molecular weight is 450 g/mol. The Morgan fingerprint density at radius 2 is 1.94 bits per heavy atom. The Morgan fingerprint density at radius 3 is 2.59 bits per heavy atom. The van der Waals surface area contributed by atoms with Crippen LogP contribution in [-0.4, -0.2) is 58.2 Å². The molecular formula is C22H25F3N4O3. The van der Waals surface area contributed by atoms with Gasteiger partial charge in [0.2, 0.25) is 5.91 Å². The molecule has 2 fully saturated rings. The quantitative estimate of drug-likeness (QED) is 0.632. The lowest BCUT2D eigenvalue weighted by atomic mass is 9.97. The summed E-state index contributed by atoms with van der Waals surface area (Å²) in [5.74, 6) is 0.0803. The second kappa shape index (κ2) is 9.41. The first kappa shape index (κ1) is 22.5. The van der Waals surface area contributed by atoms with E-state index < -0.39 is 11.7 Å². The fraction of sp³-hybridized carbons (Fsp3) is 0.500. The smallest absolute Gasteiger partial charge is 0.381 e. The van der Waals surface area contributed by atoms with Crippen LogP contribution in [0.5, 0.6) is 0 Å². The van der Waals surface area contributed by atoms with Crippen molar-refractivity contribution in [3.63, 3.8) is 0 Å². The molecule has 10 heteroatoms. The number of hydrogen-bond acceptors (Lipinski definition) is 5. The molecule has 0 aliphatic carbocycles. The fourth-order valence-electron chi connectivity index (χ4n) is 4.11. The largest absolute Gasteiger partial charge is 0.416 e. The number of ether oxygens (including phenoxy) is 2. The molecule has 2 saturated heterocycles. The third-order valence-electron chi connectivity index (χ3n) is 5.98. The predicted molar refractivity (Wildman–Crippen MR) is 109 cm³/mol. The van der Waals surface area contributed by atoms with Gasteiger partial charge in [-0.05, 0) is 36.6 Å². The first-order chi connectivity index (χ1) is 15.3. The van der Waals surface area contributed by atoms with Gasteiger partial charge in [-0.15, -0.1) is 5.10 Å². The van der Waals surface area contributed by atoms with Crippen molar-refractivity contribution in [2.24, 2.45) is 0 Å². The fourth-order valence-corrected chi connectivity index (χ4v) is 4.11. The molecule has 2 unspecified atom stereocenters. The molecule has 1 aromatic heterocycles. The van der Waals surface area contributed by atoms with Crippen LogP contribution in [0, 0.1) is 0 Å². The normalized spacial score (nSPS) is 22.3. The second-order valence-electron chi connectivity index (χ2n) is 8.07. The Hall–Kier alpha value is -2.72. The van der Waals surface area contributed by atoms with Crippen molar-refractivity contribution in [2.45, 2.75) is 43.7 Å². The maximum atomic E-state index is 12.8. The van der Waals surface area contributed by atoms with Gasteiger partial charge < -0.3 is 14.4 Å². The summed E-state index contributed by atoms with van der Waals surface area (Å²) in [6, 6.07) is 4.62. The van der Waals surface area contributed by atoms with Gasteiger partial charge in [-0.1, -0.05) is 23.9 Å². The number of halogens is 3. The molecule has 0 radical (unpaired) electrons. The molecule has 3 heterocycles. The molecule has 0 saturated carbocycles. The molecule has 32 heavy (non-hydrogen) atoms. The molecule has 1 amide bonds. The van der Waals surface area contributed by atoms with E-state index in [1.165, 1.54) is 18.2 Å². The molecule has 2 aliphatic rings. The van der Waals surface area contributed by atoms with Crippen LogP contribution in [-0.2, 0) is 27.1 Å². The standard InChI is InChI=1S/C22H25F3N4O3/c1-2-21(30)28-12-19(29-11-18(26-27-29)16-7-9-31-10-8-16)20(13-28)32-14-15-3-5-17(6-4-15)22(23,24)25/h2-6,11,16,19-20H,1,7-10,12-14H2. The van der Waals surface area contributed by atoms with Gasteiger partial charge in [-0.25, -0.2) is 4.68 Å². The Bertz CT molecular complexity index is 939. The Labute approximate surface area is 183 Å². The molecule has 4 rings (SSSR count). The zero-order chi connectivity index (χ0) is 22.7. The molecule has 0 spiro atoms. The highest BCUT2D eigenvalue weighted by Crippen LogP contribution is 2.31. The highest BCUT2D eigenvalue weighted by atomic mass is 19.4. The maximum absolute atomic E-state index is 12.8. The number of carbonyl (C=O) groups excluding carboxylic acids is 1. The lowest BCUT2D eigenvalue weighted by Crippen LogP contribution is -2.28. The Balaban J connectivity index is 1.46. The van der Waals surface area contributed by atoms with Gasteiger partial charge in [0.15, 0.2) is 0 Å². The number of amides is 1. The van der Waals surface area contributed by atoms with Crippen molar-refractivity contribution < 1.29 is 27.4 Å². The van der Waals surface area contributed by atoms with E-state index in [1.807, 2.05) is 6.20 Å². The van der Waals surface area contributed by atoms with Crippen molar-refractivity contribution in [3.8, 4) is 0 Å². The van der Waals surface area contributed by atoms with Crippen molar-refractivity contribution >= 4 is 5.91 Å². The second-order valence-corrected chi connectivity index (χ2v) is 8.07. The molecule has 2 atom stereocenters. The number of aromatic nitrogens is 3. The molecule has 2 aromatic rings. The van der Waals surface area contributed by atoms with Gasteiger partial charge in [0.05, 0.1) is 30.0 Å². The summed E-state index contributed by atoms with van der Waals surface area (Å²) >= 11 is 0. The van der Waals surface area contributed by atoms with Gasteiger partial charge >= 0.3 is 6.18 Å². The molecule has 0 N–H and O–H groups in total. The number of likely N-dealkylation sites (tertiary alicyclic amines) is 1. The minimum absolute atomic E-state index is 0.122. The van der Waals surface area contributed by atoms with Gasteiger partial charge in [-0.3, -0.25) is 4.79 Å². The minimum Gasteiger partial charge on any atom is -0.381 e. The SMILES string of the molecule is C=CC(=O)N1CC(OCc2ccc(C(F)(F)F)cc2)C(n2cc(C3CCOCC3)nn2)C1. The molecule has 2 aliphatic heterocycles. The predicted octanol–water partition coefficient (Wildman–Crippen LogP) is 3.35. The number of benzene rings is 1. The molecule has 0 bridgehead atoms. The summed E-state index contributed by atoms with van der Waals surface area (Å²) in [6.45, 7) is 5.78. The monoisotopic (exact) mass is 450 g/mol. The Morgan fingerprint density at radius 1 is 1.22 bits per heavy atom. The van der Waals surface area contributed by atoms with Crippen LogP contribution in [0.4, 0.5) is 13.2 Å². The summed E-state index contributed by atoms with van der Waals surface area (Å²) < 4.78 is 51.5. The van der Waals surface area contributed by atoms with E-state index in [2.05, 4.69) is 16.9 Å². The van der Waals surface area contributed by atoms with E-state index >= 15 is 0 Å². The number of nitrogens with zero attached hydrogens (tertiary/aromatic N) is 4. The number of alkyl halides is 3. The summed E-state index contributed by atoms with van der Waals surface area (Å²) in [7, 11) is 0. The van der Waals surface area contributed by atoms with Gasteiger partial charge in [0.1, 0.15) is 0 Å². The van der Waals surface area contributed by atoms with Crippen LogP contribution in [0.1, 0.15) is 41.6 Å². The van der Waals surface area contributed by atoms with Crippen molar-refractivity contribution in [1.82, 2.24) is 19.9 Å².